The first-order chi connectivity index (χ1) is 30.6. The molecule has 11 nitrogen and oxygen atoms in total. The van der Waals surface area contributed by atoms with Gasteiger partial charge in [-0.05, 0) is 51.6 Å². The van der Waals surface area contributed by atoms with Gasteiger partial charge in [0.05, 0.1) is 19.0 Å². The number of benzene rings is 5. The van der Waals surface area contributed by atoms with E-state index in [9.17, 15) is 0 Å². The van der Waals surface area contributed by atoms with Crippen molar-refractivity contribution in [1.29, 1.82) is 0 Å². The number of thiophene rings is 1. The number of rotatable bonds is 5. The van der Waals surface area contributed by atoms with Crippen molar-refractivity contribution in [2.75, 3.05) is 0 Å². The topological polar surface area (TPSA) is 126 Å². The molecule has 0 amide bonds. The van der Waals surface area contributed by atoms with Crippen LogP contribution in [0.5, 0.6) is 0 Å². The molecule has 10 aromatic rings. The van der Waals surface area contributed by atoms with Crippen molar-refractivity contribution >= 4 is 11.3 Å². The van der Waals surface area contributed by atoms with Crippen LogP contribution < -0.4 is 0 Å². The van der Waals surface area contributed by atoms with Gasteiger partial charge in [-0.3, -0.25) is 9.97 Å². The minimum atomic E-state index is -0.0159. The largest absolute Gasteiger partial charge is 0.462 e. The van der Waals surface area contributed by atoms with Gasteiger partial charge in [0.1, 0.15) is 16.6 Å². The molecule has 2 aliphatic carbocycles. The number of hydrogen-bond donors (Lipinski definition) is 0. The molecule has 5 aromatic heterocycles. The molecule has 0 aliphatic heterocycles. The Bertz CT molecular complexity index is 3220. The van der Waals surface area contributed by atoms with E-state index in [1.165, 1.54) is 60.5 Å². The van der Waals surface area contributed by atoms with Gasteiger partial charge >= 0.3 is 0 Å². The molecular weight excluding hydrogens is 1380 g/mol. The van der Waals surface area contributed by atoms with Gasteiger partial charge in [-0.25, -0.2) is 0 Å². The zero-order valence-electron chi connectivity index (χ0n) is 36.1. The van der Waals surface area contributed by atoms with Gasteiger partial charge in [0, 0.05) is 73.2 Å². The molecule has 0 saturated heterocycles. The SMILES string of the molecule is CC1(C)c2ccccc2-c2c[c-]c(-c3cocn3)cc21.Cn1nnc(-c2[c-]cc3c(c2)C(C)(C)c2ccccc2-3)n1.[Ir].[Ir].[Pt].[c-]1ccc(-c2ccccn2)cc1-c1nnn(-c2cccs2)n1. The summed E-state index contributed by atoms with van der Waals surface area (Å²) in [5, 5.41) is 27.8. The number of hydrogen-bond acceptors (Lipinski definition) is 10. The first-order valence-electron chi connectivity index (χ1n) is 20.4. The van der Waals surface area contributed by atoms with Crippen LogP contribution in [-0.4, -0.2) is 50.4 Å². The summed E-state index contributed by atoms with van der Waals surface area (Å²) in [6, 6.07) is 50.9. The molecule has 0 saturated carbocycles. The maximum absolute atomic E-state index is 5.07. The van der Waals surface area contributed by atoms with Crippen LogP contribution in [0.4, 0.5) is 0 Å². The van der Waals surface area contributed by atoms with Crippen LogP contribution in [0.25, 0.3) is 72.5 Å². The van der Waals surface area contributed by atoms with Crippen LogP contribution >= 0.6 is 11.3 Å². The molecule has 5 aromatic carbocycles. The molecular formula is C51H39Ir2N10OPtS-3. The third-order valence-electron chi connectivity index (χ3n) is 11.6. The van der Waals surface area contributed by atoms with Gasteiger partial charge in [-0.1, -0.05) is 121 Å². The van der Waals surface area contributed by atoms with E-state index < -0.39 is 0 Å². The Hall–Kier alpha value is -5.71. The number of aromatic nitrogens is 10. The van der Waals surface area contributed by atoms with E-state index in [0.29, 0.717) is 11.6 Å². The smallest absolute Gasteiger partial charge is 0.170 e. The predicted octanol–water partition coefficient (Wildman–Crippen LogP) is 10.7. The normalized spacial score (nSPS) is 12.8. The maximum atomic E-state index is 5.07. The molecule has 0 unspecified atom stereocenters. The van der Waals surface area contributed by atoms with Crippen molar-refractivity contribution in [2.45, 2.75) is 38.5 Å². The monoisotopic (exact) mass is 1420 g/mol. The van der Waals surface area contributed by atoms with Crippen molar-refractivity contribution in [2.24, 2.45) is 7.05 Å². The van der Waals surface area contributed by atoms with Crippen LogP contribution in [0.1, 0.15) is 49.9 Å². The summed E-state index contributed by atoms with van der Waals surface area (Å²) in [4.78, 5) is 11.6. The molecule has 336 valence electrons. The summed E-state index contributed by atoms with van der Waals surface area (Å²) < 4.78 is 5.07. The summed E-state index contributed by atoms with van der Waals surface area (Å²) >= 11 is 1.56. The van der Waals surface area contributed by atoms with E-state index in [0.717, 1.165) is 38.6 Å². The van der Waals surface area contributed by atoms with Gasteiger partial charge in [0.15, 0.2) is 6.39 Å². The first kappa shape index (κ1) is 48.2. The molecule has 0 atom stereocenters. The fourth-order valence-electron chi connectivity index (χ4n) is 8.38. The average molecular weight is 1420 g/mol. The van der Waals surface area contributed by atoms with E-state index in [2.05, 4.69) is 159 Å². The molecule has 0 spiro atoms. The molecule has 15 heteroatoms. The van der Waals surface area contributed by atoms with Gasteiger partial charge < -0.3 is 4.42 Å². The fraction of sp³-hybridized carbons (Fsp3) is 0.137. The Morgan fingerprint density at radius 1 is 0.591 bits per heavy atom. The Kier molecular flexibility index (Phi) is 14.6. The Labute approximate surface area is 428 Å². The average Bonchev–Trinajstić information content (AvgIpc) is 4.20. The van der Waals surface area contributed by atoms with Gasteiger partial charge in [0.2, 0.25) is 0 Å². The maximum Gasteiger partial charge on any atom is 0.170 e. The Morgan fingerprint density at radius 2 is 1.21 bits per heavy atom. The van der Waals surface area contributed by atoms with E-state index in [1.54, 1.807) is 30.8 Å². The van der Waals surface area contributed by atoms with E-state index >= 15 is 0 Å². The number of nitrogens with zero attached hydrogens (tertiary/aromatic N) is 10. The van der Waals surface area contributed by atoms with Crippen molar-refractivity contribution < 1.29 is 65.7 Å². The fourth-order valence-corrected chi connectivity index (χ4v) is 9.01. The van der Waals surface area contributed by atoms with Gasteiger partial charge in [-0.2, -0.15) is 25.2 Å². The third-order valence-corrected chi connectivity index (χ3v) is 12.4. The van der Waals surface area contributed by atoms with Crippen molar-refractivity contribution in [3.05, 3.63) is 186 Å². The summed E-state index contributed by atoms with van der Waals surface area (Å²) in [6.07, 6.45) is 4.89. The molecule has 5 heterocycles. The van der Waals surface area contributed by atoms with E-state index in [-0.39, 0.29) is 72.1 Å². The molecule has 0 bridgehead atoms. The van der Waals surface area contributed by atoms with Gasteiger partial charge in [-0.15, -0.1) is 105 Å². The van der Waals surface area contributed by atoms with Gasteiger partial charge in [0.25, 0.3) is 0 Å². The summed E-state index contributed by atoms with van der Waals surface area (Å²) in [6.45, 7) is 9.05. The number of aryl methyl sites for hydroxylation is 1. The second-order valence-electron chi connectivity index (χ2n) is 16.2. The molecule has 2 aliphatic rings. The number of tetrazole rings is 2. The standard InChI is InChI=1S/C18H14NO.C17H15N4.C16H10N5S.2Ir.Pt/c1-18(2)15-6-4-3-5-13(15)14-8-7-12(9-16(14)18)17-10-20-11-19-17;1-17(2)14-7-5-4-6-12(14)13-9-8-11(10-15(13)17)16-18-20-21(3)19-16;1-2-9-17-14(7-1)12-5-3-6-13(11-12)16-18-20-21(19-16)15-8-4-10-22-15;;;/h3-6,8-11H,1-2H3;4-7,9-10H,1-3H3;1-5,7-11H;;;/q3*-1;;;. The number of oxazole rings is 1. The molecule has 12 rings (SSSR count). The quantitative estimate of drug-likeness (QED) is 0.155. The molecule has 0 fully saturated rings. The van der Waals surface area contributed by atoms with Crippen LogP contribution in [0, 0.1) is 18.2 Å². The minimum Gasteiger partial charge on any atom is -0.462 e. The van der Waals surface area contributed by atoms with E-state index in [1.807, 2.05) is 53.9 Å². The Balaban J connectivity index is 0.000000144. The van der Waals surface area contributed by atoms with Crippen molar-refractivity contribution in [3.8, 4) is 72.5 Å². The predicted molar refractivity (Wildman–Crippen MR) is 244 cm³/mol. The second kappa shape index (κ2) is 20.0. The third kappa shape index (κ3) is 9.19. The molecule has 66 heavy (non-hydrogen) atoms. The molecule has 0 N–H and O–H groups in total. The summed E-state index contributed by atoms with van der Waals surface area (Å²) in [5.74, 6) is 1.17. The van der Waals surface area contributed by atoms with Crippen molar-refractivity contribution in [1.82, 2.24) is 50.4 Å². The second-order valence-corrected chi connectivity index (χ2v) is 17.2. The van der Waals surface area contributed by atoms with E-state index in [4.69, 9.17) is 4.42 Å². The zero-order chi connectivity index (χ0) is 43.1. The summed E-state index contributed by atoms with van der Waals surface area (Å²) in [7, 11) is 1.77. The molecule has 2 radical (unpaired) electrons. The number of pyridine rings is 1. The van der Waals surface area contributed by atoms with Crippen LogP contribution in [0.2, 0.25) is 0 Å². The Morgan fingerprint density at radius 3 is 1.82 bits per heavy atom. The zero-order valence-corrected chi connectivity index (χ0v) is 44.0. The summed E-state index contributed by atoms with van der Waals surface area (Å²) in [5.41, 5.74) is 15.9. The van der Waals surface area contributed by atoms with Crippen LogP contribution in [-0.2, 0) is 79.2 Å². The van der Waals surface area contributed by atoms with Crippen LogP contribution in [0.15, 0.2) is 150 Å². The first-order valence-corrected chi connectivity index (χ1v) is 21.3. The number of fused-ring (bicyclic) bond motifs is 6. The minimum absolute atomic E-state index is 0. The van der Waals surface area contributed by atoms with Crippen LogP contribution in [0.3, 0.4) is 0 Å². The van der Waals surface area contributed by atoms with Crippen molar-refractivity contribution in [3.63, 3.8) is 0 Å².